The summed E-state index contributed by atoms with van der Waals surface area (Å²) in [5.41, 5.74) is 0. The predicted octanol–water partition coefficient (Wildman–Crippen LogP) is -48.1. The second kappa shape index (κ2) is 46.7. The molecule has 5 fully saturated rings. The zero-order valence-corrected chi connectivity index (χ0v) is 76.1. The normalized spacial score (nSPS) is 34.5. The Morgan fingerprint density at radius 3 is 0.884 bits per heavy atom. The van der Waals surface area contributed by atoms with Crippen LogP contribution in [0, 0.1) is 5.92 Å². The molecular formula is C30H37NNa10O47S7. The summed E-state index contributed by atoms with van der Waals surface area (Å²) in [5.74, 6) is -9.54. The van der Waals surface area contributed by atoms with Crippen LogP contribution in [0.1, 0.15) is 0 Å². The molecule has 496 valence electrons. The summed E-state index contributed by atoms with van der Waals surface area (Å²) in [6, 6.07) is 0. The number of rotatable bonds is 27. The molecule has 0 unspecified atom stereocenters. The third-order valence-electron chi connectivity index (χ3n) is 11.6. The van der Waals surface area contributed by atoms with E-state index in [4.69, 9.17) is 37.9 Å². The molecule has 5 saturated heterocycles. The van der Waals surface area contributed by atoms with E-state index in [-0.39, 0.29) is 296 Å². The molecule has 5 rings (SSSR count). The van der Waals surface area contributed by atoms with Crippen molar-refractivity contribution in [3.8, 4) is 0 Å². The van der Waals surface area contributed by atoms with Gasteiger partial charge in [-0.3, -0.25) is 29.3 Å². The zero-order chi connectivity index (χ0) is 64.7. The first kappa shape index (κ1) is 113. The number of carbonyl (C=O) groups is 3. The molecule has 0 amide bonds. The van der Waals surface area contributed by atoms with E-state index in [9.17, 15) is 146 Å². The van der Waals surface area contributed by atoms with E-state index in [1.54, 1.807) is 0 Å². The molecule has 0 radical (unpaired) electrons. The van der Waals surface area contributed by atoms with Crippen LogP contribution in [0.5, 0.6) is 0 Å². The van der Waals surface area contributed by atoms with Crippen molar-refractivity contribution in [1.29, 1.82) is 0 Å². The van der Waals surface area contributed by atoms with Gasteiger partial charge in [-0.15, -0.1) is 0 Å². The number of aliphatic hydroxyl groups excluding tert-OH is 5. The fraction of sp³-hybridized carbons (Fsp3) is 0.900. The molecule has 0 bridgehead atoms. The van der Waals surface area contributed by atoms with Crippen LogP contribution in [0.4, 0.5) is 0 Å². The number of ether oxygens (including phenoxy) is 8. The zero-order valence-electron chi connectivity index (χ0n) is 50.3. The van der Waals surface area contributed by atoms with Gasteiger partial charge in [0.25, 0.3) is 0 Å². The summed E-state index contributed by atoms with van der Waals surface area (Å²) in [6.45, 7) is -5.07. The number of hydrogen-bond donors (Lipinski definition) is 6. The third kappa shape index (κ3) is 35.9. The van der Waals surface area contributed by atoms with Crippen LogP contribution in [-0.4, -0.2) is 296 Å². The van der Waals surface area contributed by atoms with Gasteiger partial charge in [-0.05, 0) is 0 Å². The van der Waals surface area contributed by atoms with Crippen molar-refractivity contribution >= 4 is 90.7 Å². The van der Waals surface area contributed by atoms with Gasteiger partial charge < -0.3 is 130 Å². The predicted molar refractivity (Wildman–Crippen MR) is 220 cm³/mol. The smallest absolute Gasteiger partial charge is 0.726 e. The van der Waals surface area contributed by atoms with Gasteiger partial charge in [-0.25, -0.2) is 58.9 Å². The number of aliphatic hydroxyl groups is 5. The fourth-order valence-electron chi connectivity index (χ4n) is 8.42. The molecule has 0 saturated carbocycles. The van der Waals surface area contributed by atoms with Gasteiger partial charge in [0, 0.05) is 25.0 Å². The minimum atomic E-state index is -6.51. The van der Waals surface area contributed by atoms with Crippen molar-refractivity contribution in [2.45, 2.75) is 135 Å². The Kier molecular flexibility index (Phi) is 55.5. The summed E-state index contributed by atoms with van der Waals surface area (Å²) >= 11 is 0. The molecule has 23 atom stereocenters. The summed E-state index contributed by atoms with van der Waals surface area (Å²) < 4.78 is 317. The van der Waals surface area contributed by atoms with Gasteiger partial charge in [0.15, 0.2) is 49.6 Å². The van der Waals surface area contributed by atoms with Crippen LogP contribution in [0.25, 0.3) is 0 Å². The first-order valence-electron chi connectivity index (χ1n) is 21.9. The Morgan fingerprint density at radius 2 is 0.600 bits per heavy atom. The molecule has 95 heavy (non-hydrogen) atoms. The molecule has 5 aliphatic rings. The van der Waals surface area contributed by atoms with E-state index < -0.39 is 258 Å². The van der Waals surface area contributed by atoms with Gasteiger partial charge in [0.1, 0.15) is 73.2 Å². The second-order valence-corrected chi connectivity index (χ2v) is 24.5. The maximum Gasteiger partial charge on any atom is 1.00 e. The van der Waals surface area contributed by atoms with Crippen LogP contribution >= 0.6 is 0 Å². The van der Waals surface area contributed by atoms with Crippen LogP contribution in [-0.2, 0) is 154 Å². The van der Waals surface area contributed by atoms with Crippen LogP contribution < -0.4 is 316 Å². The summed E-state index contributed by atoms with van der Waals surface area (Å²) in [5, 5.41) is 95.0. The maximum atomic E-state index is 12.8. The van der Waals surface area contributed by atoms with E-state index in [2.05, 4.69) is 34.6 Å². The van der Waals surface area contributed by atoms with E-state index in [0.717, 1.165) is 0 Å². The van der Waals surface area contributed by atoms with Crippen LogP contribution in [0.15, 0.2) is 0 Å². The monoisotopic (exact) mass is 1620 g/mol. The number of aliphatic carboxylic acids is 3. The molecule has 65 heteroatoms. The minimum Gasteiger partial charge on any atom is -0.726 e. The number of carbonyl (C=O) groups excluding carboxylic acids is 3. The summed E-state index contributed by atoms with van der Waals surface area (Å²) in [4.78, 5) is 36.7. The number of β-amino-alcohol motifs (C(OH)–C–C–N with tert-alkyl or cyclic N) is 1. The molecule has 48 nitrogen and oxygen atoms in total. The maximum absolute atomic E-state index is 12.8. The SMILES string of the molecule is O=C([O-])[C@H]1CNC[C@@H](O)[C@@H]1O[C@H]1O[C@H](COS(=O)(=O)[O-])[C@@H](O[C@@H]2O[C@@H](C(=O)[O-])[C@@H](O[C@H]3O[C@H](COS(=O)(=O)[O-])[C@@H](O[C@@H]4O[C@@H](C(=O)[O-])[C@@H](OS(=O)(=O)[O-])[C@H](O)[C@H]4OS(=O)(=O)[O-])[C@H](O)[C@H]3OS(=O)(=O)[O-])[C@H](O)[C@H]2OS(=O)(=O)[O-])[C@H](O)[C@H]1OS(=O)(=O)[O-].[Na+].[Na+].[Na+].[Na+].[Na+].[Na+].[Na+].[Na+].[Na+].[Na+]. The second-order valence-electron chi connectivity index (χ2n) is 17.3. The van der Waals surface area contributed by atoms with Crippen molar-refractivity contribution in [3.63, 3.8) is 0 Å². The van der Waals surface area contributed by atoms with E-state index >= 15 is 0 Å². The average molecular weight is 1620 g/mol. The number of piperidine rings is 1. The third-order valence-corrected chi connectivity index (χ3v) is 14.7. The molecule has 0 spiro atoms. The van der Waals surface area contributed by atoms with E-state index in [1.165, 1.54) is 0 Å². The van der Waals surface area contributed by atoms with Crippen molar-refractivity contribution in [2.24, 2.45) is 5.92 Å². The van der Waals surface area contributed by atoms with Crippen molar-refractivity contribution in [1.82, 2.24) is 5.32 Å². The quantitative estimate of drug-likeness (QED) is 0.0253. The average Bonchev–Trinajstić information content (AvgIpc) is 0.774. The van der Waals surface area contributed by atoms with Crippen LogP contribution in [0.3, 0.4) is 0 Å². The Bertz CT molecular complexity index is 3240. The number of carboxylic acid groups (broad SMARTS) is 3. The van der Waals surface area contributed by atoms with E-state index in [1.807, 2.05) is 0 Å². The van der Waals surface area contributed by atoms with Crippen molar-refractivity contribution < 1.29 is 509 Å². The fourth-order valence-corrected chi connectivity index (χ4v) is 11.4. The molecular weight excluding hydrogens is 1580 g/mol. The van der Waals surface area contributed by atoms with Gasteiger partial charge >= 0.3 is 296 Å². The molecule has 5 aliphatic heterocycles. The van der Waals surface area contributed by atoms with Gasteiger partial charge in [-0.2, -0.15) is 0 Å². The summed E-state index contributed by atoms with van der Waals surface area (Å²) in [6.07, 6.45) is -68.1. The number of nitrogens with one attached hydrogen (secondary N) is 1. The van der Waals surface area contributed by atoms with Crippen molar-refractivity contribution in [3.05, 3.63) is 0 Å². The van der Waals surface area contributed by atoms with Crippen LogP contribution in [0.2, 0.25) is 0 Å². The largest absolute Gasteiger partial charge is 1.00 e. The Labute approximate surface area is 758 Å². The van der Waals surface area contributed by atoms with Gasteiger partial charge in [0.2, 0.25) is 72.8 Å². The summed E-state index contributed by atoms with van der Waals surface area (Å²) in [7, 11) is -43.9. The molecule has 0 aromatic heterocycles. The van der Waals surface area contributed by atoms with Gasteiger partial charge in [0.05, 0.1) is 37.4 Å². The molecule has 0 aromatic rings. The first-order valence-corrected chi connectivity index (χ1v) is 31.2. The first-order chi connectivity index (χ1) is 38.5. The molecule has 5 heterocycles. The van der Waals surface area contributed by atoms with E-state index in [0.29, 0.717) is 0 Å². The van der Waals surface area contributed by atoms with Crippen molar-refractivity contribution in [2.75, 3.05) is 26.3 Å². The van der Waals surface area contributed by atoms with Gasteiger partial charge in [-0.1, -0.05) is 0 Å². The standard InChI is InChI=1S/C30H47NO47S7.10Na/c32-6-2-31-1-5(24(37)38)13(6)68-27-18(75-82(52,53)54)9(33)14(7(66-27)3-64-79(43,44)45)69-29-20(77-84(58,59)60)11(35)16(22(72-29)25(39)40)71-28-19(76-83(55,56)57)10(34)15(8(67-28)4-65-80(46,47)48)70-30-21(78-85(61,62)63)12(36)17(74-81(49,50)51)23(73-30)26(41)42;;;;;;;;;;/h5-23,27-36H,1-4H2,(H,37,38)(H,39,40)(H,41,42)(H,43,44,45)(H,46,47,48)(H,49,50,51)(H,52,53,54)(H,55,56,57)(H,58,59,60)(H,61,62,63);;;;;;;;;;/q;10*+1/p-10/t5-,6+,7+,8+,9-,10-,11-,12-,13+,14+,15+,16-,17-,18+,19+,20+,21+,22+,23+,27+,28+,29+,30+;;;;;;;;;;/m0........../s1. The molecule has 6 N–H and O–H groups in total. The Hall–Kier alpha value is 6.94. The Morgan fingerprint density at radius 1 is 0.347 bits per heavy atom. The molecule has 0 aliphatic carbocycles. The Balaban J connectivity index is -0.00000198. The number of carboxylic acids is 3. The topological polar surface area (TPSA) is 772 Å². The molecule has 0 aromatic carbocycles. The number of hydrogen-bond acceptors (Lipinski definition) is 48. The minimum absolute atomic E-state index is 0.